The molecule has 74 valence electrons. The smallest absolute Gasteiger partial charge is 0.411 e. The van der Waals surface area contributed by atoms with Gasteiger partial charge in [0.1, 0.15) is 5.69 Å². The van der Waals surface area contributed by atoms with Gasteiger partial charge in [-0.2, -0.15) is 0 Å². The molecule has 0 spiro atoms. The van der Waals surface area contributed by atoms with Gasteiger partial charge in [-0.25, -0.2) is 4.79 Å². The van der Waals surface area contributed by atoms with Crippen LogP contribution in [0.5, 0.6) is 0 Å². The molecule has 1 N–H and O–H groups in total. The lowest BCUT2D eigenvalue weighted by Crippen LogP contribution is -2.12. The summed E-state index contributed by atoms with van der Waals surface area (Å²) in [6.45, 7) is 0. The Morgan fingerprint density at radius 3 is 2.71 bits per heavy atom. The van der Waals surface area contributed by atoms with E-state index in [0.29, 0.717) is 0 Å². The van der Waals surface area contributed by atoms with Crippen molar-refractivity contribution in [3.8, 4) is 0 Å². The number of anilines is 1. The largest absolute Gasteiger partial charge is 0.453 e. The second-order valence-corrected chi connectivity index (χ2v) is 2.39. The molecule has 0 atom stereocenters. The first-order chi connectivity index (χ1) is 6.65. The summed E-state index contributed by atoms with van der Waals surface area (Å²) in [5, 5.41) is 12.7. The lowest BCUT2D eigenvalue weighted by Gasteiger charge is -2.03. The molecule has 0 aliphatic heterocycles. The fourth-order valence-electron chi connectivity index (χ4n) is 0.900. The van der Waals surface area contributed by atoms with Crippen LogP contribution in [-0.2, 0) is 4.74 Å². The van der Waals surface area contributed by atoms with E-state index in [9.17, 15) is 14.9 Å². The zero-order chi connectivity index (χ0) is 10.6. The summed E-state index contributed by atoms with van der Waals surface area (Å²) >= 11 is 0. The van der Waals surface area contributed by atoms with Gasteiger partial charge < -0.3 is 4.74 Å². The highest BCUT2D eigenvalue weighted by Crippen LogP contribution is 2.22. The average Bonchev–Trinajstić information content (AvgIpc) is 2.18. The van der Waals surface area contributed by atoms with Gasteiger partial charge in [0, 0.05) is 6.07 Å². The third-order valence-corrected chi connectivity index (χ3v) is 1.52. The third kappa shape index (κ3) is 2.19. The number of hydrogen-bond donors (Lipinski definition) is 1. The summed E-state index contributed by atoms with van der Waals surface area (Å²) in [6, 6.07) is 5.82. The van der Waals surface area contributed by atoms with Crippen molar-refractivity contribution >= 4 is 17.5 Å². The molecule has 0 fully saturated rings. The second-order valence-electron chi connectivity index (χ2n) is 2.39. The molecular weight excluding hydrogens is 188 g/mol. The number of para-hydroxylation sites is 2. The van der Waals surface area contributed by atoms with Gasteiger partial charge in [0.25, 0.3) is 5.69 Å². The zero-order valence-corrected chi connectivity index (χ0v) is 7.39. The van der Waals surface area contributed by atoms with Crippen LogP contribution in [-0.4, -0.2) is 18.1 Å². The molecule has 6 nitrogen and oxygen atoms in total. The predicted molar refractivity (Wildman–Crippen MR) is 49.1 cm³/mol. The Bertz CT molecular complexity index is 364. The van der Waals surface area contributed by atoms with Crippen LogP contribution in [0.25, 0.3) is 0 Å². The number of hydrogen-bond acceptors (Lipinski definition) is 4. The van der Waals surface area contributed by atoms with Crippen LogP contribution in [0.2, 0.25) is 0 Å². The van der Waals surface area contributed by atoms with E-state index in [4.69, 9.17) is 0 Å². The van der Waals surface area contributed by atoms with Crippen LogP contribution >= 0.6 is 0 Å². The quantitative estimate of drug-likeness (QED) is 0.577. The number of nitro groups is 1. The lowest BCUT2D eigenvalue weighted by molar-refractivity contribution is -0.383. The van der Waals surface area contributed by atoms with E-state index in [0.717, 1.165) is 0 Å². The van der Waals surface area contributed by atoms with Crippen LogP contribution < -0.4 is 5.32 Å². The van der Waals surface area contributed by atoms with Crippen molar-refractivity contribution in [3.63, 3.8) is 0 Å². The van der Waals surface area contributed by atoms with E-state index in [1.807, 2.05) is 0 Å². The van der Waals surface area contributed by atoms with E-state index < -0.39 is 11.0 Å². The first-order valence-electron chi connectivity index (χ1n) is 3.73. The molecule has 1 amide bonds. The first kappa shape index (κ1) is 9.97. The molecule has 6 heteroatoms. The predicted octanol–water partition coefficient (Wildman–Crippen LogP) is 1.77. The van der Waals surface area contributed by atoms with Gasteiger partial charge in [0.15, 0.2) is 0 Å². The van der Waals surface area contributed by atoms with Crippen molar-refractivity contribution < 1.29 is 14.5 Å². The molecule has 1 aromatic carbocycles. The molecule has 1 aromatic rings. The van der Waals surface area contributed by atoms with Gasteiger partial charge in [-0.1, -0.05) is 12.1 Å². The summed E-state index contributed by atoms with van der Waals surface area (Å²) in [5.41, 5.74) is -0.0535. The highest BCUT2D eigenvalue weighted by atomic mass is 16.6. The Morgan fingerprint density at radius 2 is 2.14 bits per heavy atom. The van der Waals surface area contributed by atoms with Crippen molar-refractivity contribution in [1.82, 2.24) is 0 Å². The van der Waals surface area contributed by atoms with Crippen LogP contribution in [0.15, 0.2) is 24.3 Å². The molecule has 1 rings (SSSR count). The highest BCUT2D eigenvalue weighted by Gasteiger charge is 2.14. The first-order valence-corrected chi connectivity index (χ1v) is 3.73. The molecule has 0 aromatic heterocycles. The second kappa shape index (κ2) is 4.22. The number of nitrogens with one attached hydrogen (secondary N) is 1. The average molecular weight is 196 g/mol. The summed E-state index contributed by atoms with van der Waals surface area (Å²) in [5.74, 6) is 0. The van der Waals surface area contributed by atoms with Gasteiger partial charge in [-0.3, -0.25) is 15.4 Å². The van der Waals surface area contributed by atoms with Crippen molar-refractivity contribution in [2.45, 2.75) is 0 Å². The SMILES string of the molecule is COC(=O)Nc1ccccc1[N+](=O)[O-]. The maximum Gasteiger partial charge on any atom is 0.411 e. The minimum atomic E-state index is -0.737. The van der Waals surface area contributed by atoms with Gasteiger partial charge in [-0.05, 0) is 6.07 Å². The van der Waals surface area contributed by atoms with E-state index in [1.54, 1.807) is 6.07 Å². The topological polar surface area (TPSA) is 81.5 Å². The Balaban J connectivity index is 2.95. The van der Waals surface area contributed by atoms with Crippen LogP contribution in [0.3, 0.4) is 0 Å². The molecule has 14 heavy (non-hydrogen) atoms. The number of ether oxygens (including phenoxy) is 1. The number of nitrogens with zero attached hydrogens (tertiary/aromatic N) is 1. The minimum absolute atomic E-state index is 0.115. The normalized spacial score (nSPS) is 9.21. The van der Waals surface area contributed by atoms with Gasteiger partial charge in [0.05, 0.1) is 12.0 Å². The van der Waals surface area contributed by atoms with Crippen LogP contribution in [0.1, 0.15) is 0 Å². The molecular formula is C8H8N2O4. The molecule has 0 bridgehead atoms. The van der Waals surface area contributed by atoms with E-state index >= 15 is 0 Å². The van der Waals surface area contributed by atoms with E-state index in [-0.39, 0.29) is 11.4 Å². The van der Waals surface area contributed by atoms with Crippen molar-refractivity contribution in [3.05, 3.63) is 34.4 Å². The number of amides is 1. The number of methoxy groups -OCH3 is 1. The number of nitro benzene ring substituents is 1. The van der Waals surface area contributed by atoms with Crippen LogP contribution in [0.4, 0.5) is 16.2 Å². The lowest BCUT2D eigenvalue weighted by atomic mass is 10.3. The Hall–Kier alpha value is -2.11. The zero-order valence-electron chi connectivity index (χ0n) is 7.39. The molecule has 0 aliphatic carbocycles. The van der Waals surface area contributed by atoms with Crippen molar-refractivity contribution in [1.29, 1.82) is 0 Å². The Morgan fingerprint density at radius 1 is 1.50 bits per heavy atom. The van der Waals surface area contributed by atoms with Gasteiger partial charge >= 0.3 is 6.09 Å². The number of carbonyl (C=O) groups excluding carboxylic acids is 1. The molecule has 0 aliphatic rings. The van der Waals surface area contributed by atoms with Crippen LogP contribution in [0, 0.1) is 10.1 Å². The van der Waals surface area contributed by atoms with Gasteiger partial charge in [0.2, 0.25) is 0 Å². The summed E-state index contributed by atoms with van der Waals surface area (Å²) in [6.07, 6.45) is -0.737. The third-order valence-electron chi connectivity index (χ3n) is 1.52. The number of rotatable bonds is 2. The molecule has 0 saturated carbocycles. The minimum Gasteiger partial charge on any atom is -0.453 e. The maximum absolute atomic E-state index is 10.8. The summed E-state index contributed by atoms with van der Waals surface area (Å²) in [4.78, 5) is 20.7. The van der Waals surface area contributed by atoms with Gasteiger partial charge in [-0.15, -0.1) is 0 Å². The molecule has 0 saturated heterocycles. The molecule has 0 radical (unpaired) electrons. The summed E-state index contributed by atoms with van der Waals surface area (Å²) in [7, 11) is 1.18. The number of benzene rings is 1. The standard InChI is InChI=1S/C8H8N2O4/c1-14-8(11)9-6-4-2-3-5-7(6)10(12)13/h2-5H,1H3,(H,9,11). The Labute approximate surface area is 79.6 Å². The maximum atomic E-state index is 10.8. The molecule has 0 heterocycles. The highest BCUT2D eigenvalue weighted by molar-refractivity contribution is 5.87. The summed E-state index contributed by atoms with van der Waals surface area (Å²) < 4.78 is 4.32. The van der Waals surface area contributed by atoms with Crippen molar-refractivity contribution in [2.75, 3.05) is 12.4 Å². The van der Waals surface area contributed by atoms with Crippen molar-refractivity contribution in [2.24, 2.45) is 0 Å². The number of carbonyl (C=O) groups is 1. The monoisotopic (exact) mass is 196 g/mol. The molecule has 0 unspecified atom stereocenters. The Kier molecular flexibility index (Phi) is 3.01. The fourth-order valence-corrected chi connectivity index (χ4v) is 0.900. The van der Waals surface area contributed by atoms with E-state index in [2.05, 4.69) is 10.1 Å². The fraction of sp³-hybridized carbons (Fsp3) is 0.125. The van der Waals surface area contributed by atoms with E-state index in [1.165, 1.54) is 25.3 Å².